The second kappa shape index (κ2) is 9.08. The Bertz CT molecular complexity index is 896. The highest BCUT2D eigenvalue weighted by Crippen LogP contribution is 2.13. The Labute approximate surface area is 164 Å². The van der Waals surface area contributed by atoms with E-state index < -0.39 is 0 Å². The minimum Gasteiger partial charge on any atom is -0.365 e. The van der Waals surface area contributed by atoms with Gasteiger partial charge in [-0.1, -0.05) is 42.5 Å². The molecule has 0 aliphatic heterocycles. The Hall–Kier alpha value is -3.28. The first kappa shape index (κ1) is 19.5. The van der Waals surface area contributed by atoms with Gasteiger partial charge in [-0.2, -0.15) is 0 Å². The van der Waals surface area contributed by atoms with Crippen molar-refractivity contribution in [3.8, 4) is 0 Å². The van der Waals surface area contributed by atoms with Crippen molar-refractivity contribution in [2.24, 2.45) is 0 Å². The molecule has 6 heteroatoms. The normalized spacial score (nSPS) is 10.7. The summed E-state index contributed by atoms with van der Waals surface area (Å²) in [6.45, 7) is 4.97. The minimum atomic E-state index is -0.267. The van der Waals surface area contributed by atoms with Crippen LogP contribution in [0.4, 0.5) is 10.2 Å². The first-order valence-corrected chi connectivity index (χ1v) is 9.20. The molecule has 144 valence electrons. The molecule has 0 unspecified atom stereocenters. The van der Waals surface area contributed by atoms with Gasteiger partial charge < -0.3 is 10.2 Å². The van der Waals surface area contributed by atoms with Crippen LogP contribution < -0.4 is 5.32 Å². The number of rotatable bonds is 7. The minimum absolute atomic E-state index is 0.0331. The van der Waals surface area contributed by atoms with Crippen LogP contribution in [-0.4, -0.2) is 27.0 Å². The largest absolute Gasteiger partial charge is 0.365 e. The molecule has 0 aliphatic rings. The van der Waals surface area contributed by atoms with E-state index in [1.54, 1.807) is 29.2 Å². The van der Waals surface area contributed by atoms with E-state index in [2.05, 4.69) is 15.5 Å². The van der Waals surface area contributed by atoms with E-state index in [1.165, 1.54) is 12.1 Å². The predicted molar refractivity (Wildman–Crippen MR) is 107 cm³/mol. The molecule has 0 atom stereocenters. The molecule has 0 fully saturated rings. The summed E-state index contributed by atoms with van der Waals surface area (Å²) >= 11 is 0. The number of benzene rings is 2. The molecule has 5 nitrogen and oxygen atoms in total. The third kappa shape index (κ3) is 5.13. The van der Waals surface area contributed by atoms with E-state index in [9.17, 15) is 9.18 Å². The molecule has 3 rings (SSSR count). The number of anilines is 1. The number of hydrogen-bond acceptors (Lipinski definition) is 4. The molecule has 0 aliphatic carbocycles. The molecular weight excluding hydrogens is 355 g/mol. The first-order valence-electron chi connectivity index (χ1n) is 9.20. The van der Waals surface area contributed by atoms with Gasteiger partial charge in [-0.15, -0.1) is 10.2 Å². The van der Waals surface area contributed by atoms with E-state index in [0.29, 0.717) is 24.6 Å². The number of hydrogen-bond donors (Lipinski definition) is 1. The van der Waals surface area contributed by atoms with Crippen LogP contribution in [0.2, 0.25) is 0 Å². The summed E-state index contributed by atoms with van der Waals surface area (Å²) in [7, 11) is 0. The zero-order chi connectivity index (χ0) is 19.9. The lowest BCUT2D eigenvalue weighted by molar-refractivity contribution is 0.0683. The molecule has 0 saturated heterocycles. The van der Waals surface area contributed by atoms with Crippen LogP contribution in [0.3, 0.4) is 0 Å². The molecule has 28 heavy (non-hydrogen) atoms. The van der Waals surface area contributed by atoms with Gasteiger partial charge in [0.25, 0.3) is 5.91 Å². The van der Waals surface area contributed by atoms with Gasteiger partial charge in [0.05, 0.1) is 0 Å². The number of amides is 1. The predicted octanol–water partition coefficient (Wildman–Crippen LogP) is 4.28. The van der Waals surface area contributed by atoms with Gasteiger partial charge in [0, 0.05) is 19.1 Å². The first-order chi connectivity index (χ1) is 13.5. The van der Waals surface area contributed by atoms with E-state index >= 15 is 0 Å². The third-order valence-electron chi connectivity index (χ3n) is 4.35. The fourth-order valence-corrected chi connectivity index (χ4v) is 2.75. The summed E-state index contributed by atoms with van der Waals surface area (Å²) in [5.41, 5.74) is 2.30. The van der Waals surface area contributed by atoms with Crippen LogP contribution in [0, 0.1) is 5.82 Å². The number of carbonyl (C=O) groups is 1. The van der Waals surface area contributed by atoms with Gasteiger partial charge in [0.2, 0.25) is 0 Å². The van der Waals surface area contributed by atoms with Gasteiger partial charge in [0.15, 0.2) is 5.69 Å². The molecule has 0 spiro atoms. The number of halogens is 1. The molecule has 1 aromatic heterocycles. The number of nitrogens with one attached hydrogen (secondary N) is 1. The van der Waals surface area contributed by atoms with Crippen molar-refractivity contribution in [1.82, 2.24) is 15.1 Å². The highest BCUT2D eigenvalue weighted by atomic mass is 19.1. The Morgan fingerprint density at radius 1 is 0.964 bits per heavy atom. The second-order valence-electron chi connectivity index (χ2n) is 6.80. The van der Waals surface area contributed by atoms with Gasteiger partial charge in [0.1, 0.15) is 11.6 Å². The van der Waals surface area contributed by atoms with Crippen LogP contribution >= 0.6 is 0 Å². The standard InChI is InChI=1S/C22H23FN4O/c1-16(2)27(15-18-6-4-3-5-7-18)22(28)20-12-13-21(26-25-20)24-14-17-8-10-19(23)11-9-17/h3-13,16H,14-15H2,1-2H3,(H,24,26). The van der Waals surface area contributed by atoms with E-state index in [0.717, 1.165) is 11.1 Å². The molecule has 0 saturated carbocycles. The molecule has 1 N–H and O–H groups in total. The summed E-state index contributed by atoms with van der Waals surface area (Å²) < 4.78 is 13.0. The van der Waals surface area contributed by atoms with Crippen LogP contribution in [0.15, 0.2) is 66.7 Å². The Balaban J connectivity index is 1.65. The summed E-state index contributed by atoms with van der Waals surface area (Å²) in [6.07, 6.45) is 0. The maximum atomic E-state index is 13.0. The SMILES string of the molecule is CC(C)N(Cc1ccccc1)C(=O)c1ccc(NCc2ccc(F)cc2)nn1. The van der Waals surface area contributed by atoms with Crippen LogP contribution in [0.25, 0.3) is 0 Å². The second-order valence-corrected chi connectivity index (χ2v) is 6.80. The number of nitrogens with zero attached hydrogens (tertiary/aromatic N) is 3. The lowest BCUT2D eigenvalue weighted by Gasteiger charge is -2.26. The Kier molecular flexibility index (Phi) is 6.32. The van der Waals surface area contributed by atoms with E-state index in [-0.39, 0.29) is 17.8 Å². The summed E-state index contributed by atoms with van der Waals surface area (Å²) in [5.74, 6) is 0.132. The monoisotopic (exact) mass is 378 g/mol. The van der Waals surface area contributed by atoms with Crippen molar-refractivity contribution in [2.75, 3.05) is 5.32 Å². The van der Waals surface area contributed by atoms with Crippen molar-refractivity contribution in [3.63, 3.8) is 0 Å². The fourth-order valence-electron chi connectivity index (χ4n) is 2.75. The lowest BCUT2D eigenvalue weighted by atomic mass is 10.1. The quantitative estimate of drug-likeness (QED) is 0.667. The molecule has 0 bridgehead atoms. The Morgan fingerprint density at radius 3 is 2.29 bits per heavy atom. The molecule has 2 aromatic carbocycles. The molecule has 0 radical (unpaired) electrons. The maximum absolute atomic E-state index is 13.0. The van der Waals surface area contributed by atoms with Crippen LogP contribution in [0.1, 0.15) is 35.5 Å². The van der Waals surface area contributed by atoms with Gasteiger partial charge in [-0.25, -0.2) is 4.39 Å². The molecule has 1 amide bonds. The lowest BCUT2D eigenvalue weighted by Crippen LogP contribution is -2.37. The number of carbonyl (C=O) groups excluding carboxylic acids is 1. The fraction of sp³-hybridized carbons (Fsp3) is 0.227. The highest BCUT2D eigenvalue weighted by Gasteiger charge is 2.20. The zero-order valence-corrected chi connectivity index (χ0v) is 16.0. The maximum Gasteiger partial charge on any atom is 0.274 e. The Morgan fingerprint density at radius 2 is 1.68 bits per heavy atom. The molecule has 3 aromatic rings. The van der Waals surface area contributed by atoms with Gasteiger partial charge >= 0.3 is 0 Å². The van der Waals surface area contributed by atoms with Crippen LogP contribution in [0.5, 0.6) is 0 Å². The summed E-state index contributed by atoms with van der Waals surface area (Å²) in [6, 6.07) is 19.5. The third-order valence-corrected chi connectivity index (χ3v) is 4.35. The van der Waals surface area contributed by atoms with Crippen molar-refractivity contribution in [1.29, 1.82) is 0 Å². The number of aromatic nitrogens is 2. The van der Waals surface area contributed by atoms with Crippen molar-refractivity contribution < 1.29 is 9.18 Å². The van der Waals surface area contributed by atoms with Crippen LogP contribution in [-0.2, 0) is 13.1 Å². The van der Waals surface area contributed by atoms with E-state index in [4.69, 9.17) is 0 Å². The average molecular weight is 378 g/mol. The highest BCUT2D eigenvalue weighted by molar-refractivity contribution is 5.92. The van der Waals surface area contributed by atoms with Gasteiger partial charge in [-0.3, -0.25) is 4.79 Å². The van der Waals surface area contributed by atoms with Crippen molar-refractivity contribution in [3.05, 3.63) is 89.4 Å². The zero-order valence-electron chi connectivity index (χ0n) is 16.0. The molecule has 1 heterocycles. The average Bonchev–Trinajstić information content (AvgIpc) is 2.72. The van der Waals surface area contributed by atoms with Crippen molar-refractivity contribution in [2.45, 2.75) is 33.0 Å². The van der Waals surface area contributed by atoms with E-state index in [1.807, 2.05) is 44.2 Å². The smallest absolute Gasteiger partial charge is 0.274 e. The topological polar surface area (TPSA) is 58.1 Å². The summed E-state index contributed by atoms with van der Waals surface area (Å²) in [5, 5.41) is 11.3. The van der Waals surface area contributed by atoms with Gasteiger partial charge in [-0.05, 0) is 49.2 Å². The summed E-state index contributed by atoms with van der Waals surface area (Å²) in [4.78, 5) is 14.6. The van der Waals surface area contributed by atoms with Crippen molar-refractivity contribution >= 4 is 11.7 Å². The molecular formula is C22H23FN4O.